The van der Waals surface area contributed by atoms with Crippen molar-refractivity contribution in [3.8, 4) is 0 Å². The molecule has 0 aliphatic carbocycles. The van der Waals surface area contributed by atoms with Crippen LogP contribution >= 0.6 is 0 Å². The third-order valence-electron chi connectivity index (χ3n) is 3.01. The summed E-state index contributed by atoms with van der Waals surface area (Å²) in [6.45, 7) is 6.43. The number of hydrogen-bond donors (Lipinski definition) is 0. The zero-order valence-corrected chi connectivity index (χ0v) is 9.56. The third-order valence-corrected chi connectivity index (χ3v) is 3.01. The summed E-state index contributed by atoms with van der Waals surface area (Å²) in [5, 5.41) is 0. The predicted molar refractivity (Wildman–Crippen MR) is 58.7 cm³/mol. The molecule has 1 unspecified atom stereocenters. The van der Waals surface area contributed by atoms with Gasteiger partial charge in [0.1, 0.15) is 11.6 Å². The summed E-state index contributed by atoms with van der Waals surface area (Å²) in [6.07, 6.45) is 1.51. The van der Waals surface area contributed by atoms with Crippen LogP contribution in [0.1, 0.15) is 32.8 Å². The van der Waals surface area contributed by atoms with Gasteiger partial charge in [-0.3, -0.25) is 0 Å². The van der Waals surface area contributed by atoms with Crippen LogP contribution in [-0.2, 0) is 6.42 Å². The molecular weight excluding hydrogens is 194 g/mol. The van der Waals surface area contributed by atoms with Crippen molar-refractivity contribution in [2.75, 3.05) is 0 Å². The molecule has 2 heteroatoms. The smallest absolute Gasteiger partial charge is 0.126 e. The highest BCUT2D eigenvalue weighted by molar-refractivity contribution is 5.18. The van der Waals surface area contributed by atoms with Crippen LogP contribution in [0.5, 0.6) is 0 Å². The predicted octanol–water partition coefficient (Wildman–Crippen LogP) is 4.19. The second-order valence-electron chi connectivity index (χ2n) is 4.50. The SMILES string of the molecule is CC(C)C(C)CCc1cc(F)ccc1F. The molecule has 0 bridgehead atoms. The maximum Gasteiger partial charge on any atom is 0.126 e. The molecule has 0 aliphatic rings. The summed E-state index contributed by atoms with van der Waals surface area (Å²) in [5.74, 6) is 0.463. The van der Waals surface area contributed by atoms with Crippen LogP contribution < -0.4 is 0 Å². The van der Waals surface area contributed by atoms with E-state index >= 15 is 0 Å². The highest BCUT2D eigenvalue weighted by Gasteiger charge is 2.09. The largest absolute Gasteiger partial charge is 0.207 e. The molecule has 15 heavy (non-hydrogen) atoms. The van der Waals surface area contributed by atoms with Crippen LogP contribution in [0.4, 0.5) is 8.78 Å². The molecule has 0 radical (unpaired) electrons. The minimum Gasteiger partial charge on any atom is -0.207 e. The summed E-state index contributed by atoms with van der Waals surface area (Å²) in [4.78, 5) is 0. The minimum atomic E-state index is -0.358. The Balaban J connectivity index is 2.61. The Morgan fingerprint density at radius 1 is 1.13 bits per heavy atom. The van der Waals surface area contributed by atoms with Crippen molar-refractivity contribution < 1.29 is 8.78 Å². The molecule has 0 saturated carbocycles. The normalized spacial score (nSPS) is 13.2. The first-order chi connectivity index (χ1) is 7.00. The third kappa shape index (κ3) is 3.61. The molecule has 1 aromatic rings. The van der Waals surface area contributed by atoms with Crippen LogP contribution in [0.15, 0.2) is 18.2 Å². The summed E-state index contributed by atoms with van der Waals surface area (Å²) >= 11 is 0. The lowest BCUT2D eigenvalue weighted by Crippen LogP contribution is -2.06. The van der Waals surface area contributed by atoms with E-state index in [-0.39, 0.29) is 11.6 Å². The van der Waals surface area contributed by atoms with E-state index in [1.165, 1.54) is 12.1 Å². The first kappa shape index (κ1) is 12.2. The Labute approximate surface area is 90.3 Å². The monoisotopic (exact) mass is 212 g/mol. The number of halogens is 2. The Bertz CT molecular complexity index is 318. The Kier molecular flexibility index (Phi) is 4.25. The van der Waals surface area contributed by atoms with Crippen molar-refractivity contribution in [2.24, 2.45) is 11.8 Å². The Morgan fingerprint density at radius 3 is 2.40 bits per heavy atom. The molecule has 0 N–H and O–H groups in total. The van der Waals surface area contributed by atoms with Gasteiger partial charge in [0.25, 0.3) is 0 Å². The van der Waals surface area contributed by atoms with Crippen molar-refractivity contribution in [1.82, 2.24) is 0 Å². The number of benzene rings is 1. The fourth-order valence-electron chi connectivity index (χ4n) is 1.45. The van der Waals surface area contributed by atoms with Gasteiger partial charge >= 0.3 is 0 Å². The molecule has 1 atom stereocenters. The summed E-state index contributed by atoms with van der Waals surface area (Å²) in [6, 6.07) is 3.65. The van der Waals surface area contributed by atoms with Gasteiger partial charge in [0.05, 0.1) is 0 Å². The molecule has 0 amide bonds. The van der Waals surface area contributed by atoms with Gasteiger partial charge in [-0.05, 0) is 48.4 Å². The van der Waals surface area contributed by atoms with Gasteiger partial charge in [0.15, 0.2) is 0 Å². The standard InChI is InChI=1S/C13H18F2/c1-9(2)10(3)4-5-11-8-12(14)6-7-13(11)15/h6-10H,4-5H2,1-3H3. The van der Waals surface area contributed by atoms with Crippen LogP contribution in [0.3, 0.4) is 0 Å². The van der Waals surface area contributed by atoms with Crippen LogP contribution in [-0.4, -0.2) is 0 Å². The van der Waals surface area contributed by atoms with Gasteiger partial charge in [0.2, 0.25) is 0 Å². The van der Waals surface area contributed by atoms with E-state index in [1.54, 1.807) is 0 Å². The fraction of sp³-hybridized carbons (Fsp3) is 0.538. The number of aryl methyl sites for hydroxylation is 1. The van der Waals surface area contributed by atoms with Gasteiger partial charge in [0, 0.05) is 0 Å². The molecule has 0 aromatic heterocycles. The van der Waals surface area contributed by atoms with Crippen molar-refractivity contribution in [1.29, 1.82) is 0 Å². The lowest BCUT2D eigenvalue weighted by molar-refractivity contribution is 0.390. The lowest BCUT2D eigenvalue weighted by atomic mass is 9.91. The molecule has 0 saturated heterocycles. The first-order valence-corrected chi connectivity index (χ1v) is 5.44. The summed E-state index contributed by atoms with van der Waals surface area (Å²) in [5.41, 5.74) is 0.488. The van der Waals surface area contributed by atoms with Gasteiger partial charge < -0.3 is 0 Å². The van der Waals surface area contributed by atoms with E-state index in [2.05, 4.69) is 20.8 Å². The molecule has 0 spiro atoms. The highest BCUT2D eigenvalue weighted by atomic mass is 19.1. The van der Waals surface area contributed by atoms with Crippen molar-refractivity contribution in [2.45, 2.75) is 33.6 Å². The van der Waals surface area contributed by atoms with Crippen LogP contribution in [0, 0.1) is 23.5 Å². The van der Waals surface area contributed by atoms with Gasteiger partial charge in [-0.15, -0.1) is 0 Å². The molecule has 0 nitrogen and oxygen atoms in total. The fourth-order valence-corrected chi connectivity index (χ4v) is 1.45. The van der Waals surface area contributed by atoms with Crippen molar-refractivity contribution >= 4 is 0 Å². The first-order valence-electron chi connectivity index (χ1n) is 5.44. The van der Waals surface area contributed by atoms with E-state index < -0.39 is 0 Å². The molecule has 0 heterocycles. The Hall–Kier alpha value is -0.920. The lowest BCUT2D eigenvalue weighted by Gasteiger charge is -2.15. The minimum absolute atomic E-state index is 0.299. The number of rotatable bonds is 4. The molecule has 84 valence electrons. The van der Waals surface area contributed by atoms with Crippen LogP contribution in [0.2, 0.25) is 0 Å². The van der Waals surface area contributed by atoms with Gasteiger partial charge in [-0.25, -0.2) is 8.78 Å². The van der Waals surface area contributed by atoms with E-state index in [4.69, 9.17) is 0 Å². The highest BCUT2D eigenvalue weighted by Crippen LogP contribution is 2.19. The van der Waals surface area contributed by atoms with Crippen molar-refractivity contribution in [3.05, 3.63) is 35.4 Å². The average Bonchev–Trinajstić information content (AvgIpc) is 2.18. The zero-order valence-electron chi connectivity index (χ0n) is 9.56. The maximum absolute atomic E-state index is 13.3. The summed E-state index contributed by atoms with van der Waals surface area (Å²) < 4.78 is 26.1. The van der Waals surface area contributed by atoms with E-state index in [0.717, 1.165) is 12.5 Å². The van der Waals surface area contributed by atoms with Crippen LogP contribution in [0.25, 0.3) is 0 Å². The zero-order chi connectivity index (χ0) is 11.4. The molecule has 1 aromatic carbocycles. The molecular formula is C13H18F2. The summed E-state index contributed by atoms with van der Waals surface area (Å²) in [7, 11) is 0. The quantitative estimate of drug-likeness (QED) is 0.702. The maximum atomic E-state index is 13.3. The van der Waals surface area contributed by atoms with Gasteiger partial charge in [-0.2, -0.15) is 0 Å². The van der Waals surface area contributed by atoms with Crippen molar-refractivity contribution in [3.63, 3.8) is 0 Å². The number of hydrogen-bond acceptors (Lipinski definition) is 0. The Morgan fingerprint density at radius 2 is 1.80 bits per heavy atom. The average molecular weight is 212 g/mol. The second kappa shape index (κ2) is 5.24. The second-order valence-corrected chi connectivity index (χ2v) is 4.50. The molecule has 1 rings (SSSR count). The molecule has 0 aliphatic heterocycles. The topological polar surface area (TPSA) is 0 Å². The van der Waals surface area contributed by atoms with E-state index in [0.29, 0.717) is 23.8 Å². The van der Waals surface area contributed by atoms with E-state index in [1.807, 2.05) is 0 Å². The molecule has 0 fully saturated rings. The van der Waals surface area contributed by atoms with Gasteiger partial charge in [-0.1, -0.05) is 20.8 Å². The van der Waals surface area contributed by atoms with E-state index in [9.17, 15) is 8.78 Å².